The molecular formula is C34H32N2O4S. The second kappa shape index (κ2) is 13.3. The first-order chi connectivity index (χ1) is 20.0. The Labute approximate surface area is 244 Å². The van der Waals surface area contributed by atoms with Crippen LogP contribution in [-0.4, -0.2) is 46.1 Å². The summed E-state index contributed by atoms with van der Waals surface area (Å²) in [5.41, 5.74) is 3.62. The zero-order chi connectivity index (χ0) is 28.6. The number of benzene rings is 3. The Hall–Kier alpha value is -4.36. The van der Waals surface area contributed by atoms with Crippen LogP contribution in [0.15, 0.2) is 120 Å². The molecule has 1 heterocycles. The Morgan fingerprint density at radius 2 is 1.49 bits per heavy atom. The maximum atomic E-state index is 14.1. The molecule has 7 heteroatoms. The fourth-order valence-corrected chi connectivity index (χ4v) is 6.35. The largest absolute Gasteiger partial charge is 0.481 e. The van der Waals surface area contributed by atoms with E-state index in [4.69, 9.17) is 5.11 Å². The highest BCUT2D eigenvalue weighted by Crippen LogP contribution is 2.41. The molecular weight excluding hydrogens is 532 g/mol. The minimum Gasteiger partial charge on any atom is -0.481 e. The van der Waals surface area contributed by atoms with Crippen molar-refractivity contribution in [3.8, 4) is 0 Å². The van der Waals surface area contributed by atoms with E-state index in [1.54, 1.807) is 23.9 Å². The third-order valence-electron chi connectivity index (χ3n) is 7.25. The molecule has 0 radical (unpaired) electrons. The van der Waals surface area contributed by atoms with Crippen LogP contribution in [0, 0.1) is 5.92 Å². The number of fused-ring (bicyclic) bond motifs is 1. The van der Waals surface area contributed by atoms with E-state index < -0.39 is 5.97 Å². The van der Waals surface area contributed by atoms with Crippen LogP contribution in [0.4, 0.5) is 0 Å². The standard InChI is InChI=1S/C34H32N2O4S/c37-32(38)19-20-35-33(39)27-17-15-24(16-18-27)22-36(34(40)31-21-28-13-7-8-14-30(28)41-31)23-29(25-9-3-1-4-10-25)26-11-5-2-6-12-26/h1-18,21,28-30H,19-20,22-23H2,(H,35,39)(H,37,38). The summed E-state index contributed by atoms with van der Waals surface area (Å²) >= 11 is 1.61. The molecule has 2 aliphatic rings. The molecule has 0 bridgehead atoms. The minimum absolute atomic E-state index is 0.00134. The van der Waals surface area contributed by atoms with Crippen LogP contribution in [-0.2, 0) is 16.1 Å². The molecule has 1 aliphatic carbocycles. The third-order valence-corrected chi connectivity index (χ3v) is 8.56. The van der Waals surface area contributed by atoms with Crippen molar-refractivity contribution in [2.75, 3.05) is 13.1 Å². The Balaban J connectivity index is 1.40. The van der Waals surface area contributed by atoms with Gasteiger partial charge in [0.05, 0.1) is 11.3 Å². The van der Waals surface area contributed by atoms with Crippen LogP contribution >= 0.6 is 11.8 Å². The average molecular weight is 565 g/mol. The van der Waals surface area contributed by atoms with Gasteiger partial charge in [-0.1, -0.05) is 103 Å². The van der Waals surface area contributed by atoms with E-state index in [-0.39, 0.29) is 41.9 Å². The lowest BCUT2D eigenvalue weighted by Crippen LogP contribution is -2.35. The molecule has 0 saturated heterocycles. The molecule has 2 amide bonds. The first-order valence-corrected chi connectivity index (χ1v) is 14.6. The molecule has 0 saturated carbocycles. The number of allylic oxidation sites excluding steroid dienone is 4. The lowest BCUT2D eigenvalue weighted by molar-refractivity contribution is -0.136. The summed E-state index contributed by atoms with van der Waals surface area (Å²) in [4.78, 5) is 40.0. The molecule has 1 aliphatic heterocycles. The molecule has 0 fully saturated rings. The van der Waals surface area contributed by atoms with Gasteiger partial charge in [0, 0.05) is 42.3 Å². The van der Waals surface area contributed by atoms with Crippen LogP contribution in [0.5, 0.6) is 0 Å². The number of carboxylic acids is 1. The van der Waals surface area contributed by atoms with Gasteiger partial charge in [-0.2, -0.15) is 0 Å². The van der Waals surface area contributed by atoms with Crippen molar-refractivity contribution >= 4 is 29.5 Å². The van der Waals surface area contributed by atoms with Crippen molar-refractivity contribution < 1.29 is 19.5 Å². The summed E-state index contributed by atoms with van der Waals surface area (Å²) in [6.07, 6.45) is 10.3. The van der Waals surface area contributed by atoms with E-state index in [0.29, 0.717) is 18.7 Å². The molecule has 6 nitrogen and oxygen atoms in total. The number of aliphatic carboxylic acids is 1. The van der Waals surface area contributed by atoms with Gasteiger partial charge in [-0.25, -0.2) is 0 Å². The average Bonchev–Trinajstić information content (AvgIpc) is 3.44. The molecule has 2 unspecified atom stereocenters. The summed E-state index contributed by atoms with van der Waals surface area (Å²) in [7, 11) is 0. The van der Waals surface area contributed by atoms with E-state index in [9.17, 15) is 14.4 Å². The topological polar surface area (TPSA) is 86.7 Å². The molecule has 5 rings (SSSR count). The van der Waals surface area contributed by atoms with Crippen LogP contribution in [0.1, 0.15) is 39.4 Å². The summed E-state index contributed by atoms with van der Waals surface area (Å²) in [5, 5.41) is 11.7. The van der Waals surface area contributed by atoms with Crippen molar-refractivity contribution in [3.63, 3.8) is 0 Å². The maximum absolute atomic E-state index is 14.1. The Bertz CT molecular complexity index is 1430. The van der Waals surface area contributed by atoms with Gasteiger partial charge >= 0.3 is 5.97 Å². The summed E-state index contributed by atoms with van der Waals surface area (Å²) in [6.45, 7) is 0.940. The van der Waals surface area contributed by atoms with Crippen molar-refractivity contribution in [2.45, 2.75) is 24.1 Å². The van der Waals surface area contributed by atoms with Crippen molar-refractivity contribution in [3.05, 3.63) is 142 Å². The highest BCUT2D eigenvalue weighted by Gasteiger charge is 2.32. The summed E-state index contributed by atoms with van der Waals surface area (Å²) in [6, 6.07) is 27.6. The Morgan fingerprint density at radius 1 is 0.854 bits per heavy atom. The van der Waals surface area contributed by atoms with Gasteiger partial charge in [0.25, 0.3) is 11.8 Å². The zero-order valence-electron chi connectivity index (χ0n) is 22.6. The lowest BCUT2D eigenvalue weighted by Gasteiger charge is -2.29. The van der Waals surface area contributed by atoms with Gasteiger partial charge < -0.3 is 15.3 Å². The SMILES string of the molecule is O=C(O)CCNC(=O)c1ccc(CN(CC(c2ccccc2)c2ccccc2)C(=O)C2=CC3C=CC=CC3S2)cc1. The second-order valence-electron chi connectivity index (χ2n) is 10.1. The van der Waals surface area contributed by atoms with Crippen LogP contribution < -0.4 is 5.32 Å². The first kappa shape index (κ1) is 28.2. The second-order valence-corrected chi connectivity index (χ2v) is 11.3. The van der Waals surface area contributed by atoms with Crippen molar-refractivity contribution in [1.82, 2.24) is 10.2 Å². The van der Waals surface area contributed by atoms with Crippen molar-refractivity contribution in [2.24, 2.45) is 5.92 Å². The van der Waals surface area contributed by atoms with E-state index in [2.05, 4.69) is 47.8 Å². The first-order valence-electron chi connectivity index (χ1n) is 13.7. The van der Waals surface area contributed by atoms with Crippen molar-refractivity contribution in [1.29, 1.82) is 0 Å². The van der Waals surface area contributed by atoms with Gasteiger partial charge in [0.1, 0.15) is 0 Å². The van der Waals surface area contributed by atoms with Crippen LogP contribution in [0.3, 0.4) is 0 Å². The molecule has 0 aromatic heterocycles. The number of carboxylic acid groups (broad SMARTS) is 1. The number of hydrogen-bond acceptors (Lipinski definition) is 4. The highest BCUT2D eigenvalue weighted by atomic mass is 32.2. The molecule has 0 spiro atoms. The molecule has 3 aromatic rings. The highest BCUT2D eigenvalue weighted by molar-refractivity contribution is 8.05. The quantitative estimate of drug-likeness (QED) is 0.308. The van der Waals surface area contributed by atoms with E-state index in [1.807, 2.05) is 65.6 Å². The molecule has 41 heavy (non-hydrogen) atoms. The number of hydrogen-bond donors (Lipinski definition) is 2. The van der Waals surface area contributed by atoms with E-state index >= 15 is 0 Å². The summed E-state index contributed by atoms with van der Waals surface area (Å²) < 4.78 is 0. The van der Waals surface area contributed by atoms with Gasteiger partial charge in [0.2, 0.25) is 0 Å². The zero-order valence-corrected chi connectivity index (χ0v) is 23.4. The van der Waals surface area contributed by atoms with Gasteiger partial charge in [0.15, 0.2) is 0 Å². The lowest BCUT2D eigenvalue weighted by atomic mass is 9.90. The van der Waals surface area contributed by atoms with Gasteiger partial charge in [-0.05, 0) is 28.8 Å². The number of carbonyl (C=O) groups excluding carboxylic acids is 2. The maximum Gasteiger partial charge on any atom is 0.305 e. The number of carbonyl (C=O) groups is 3. The number of amides is 2. The van der Waals surface area contributed by atoms with Crippen LogP contribution in [0.25, 0.3) is 0 Å². The number of rotatable bonds is 11. The summed E-state index contributed by atoms with van der Waals surface area (Å²) in [5.74, 6) is -1.09. The number of thioether (sulfide) groups is 1. The normalized spacial score (nSPS) is 17.1. The van der Waals surface area contributed by atoms with Crippen LogP contribution in [0.2, 0.25) is 0 Å². The van der Waals surface area contributed by atoms with Gasteiger partial charge in [-0.3, -0.25) is 14.4 Å². The molecule has 208 valence electrons. The van der Waals surface area contributed by atoms with E-state index in [0.717, 1.165) is 21.6 Å². The predicted octanol–water partition coefficient (Wildman–Crippen LogP) is 5.79. The minimum atomic E-state index is -0.962. The fourth-order valence-electron chi connectivity index (χ4n) is 5.09. The Kier molecular flexibility index (Phi) is 9.16. The number of nitrogens with one attached hydrogen (secondary N) is 1. The Morgan fingerprint density at radius 3 is 2.10 bits per heavy atom. The molecule has 2 atom stereocenters. The van der Waals surface area contributed by atoms with Gasteiger partial charge in [-0.15, -0.1) is 11.8 Å². The number of nitrogens with zero attached hydrogens (tertiary/aromatic N) is 1. The predicted molar refractivity (Wildman–Crippen MR) is 162 cm³/mol. The monoisotopic (exact) mass is 564 g/mol. The van der Waals surface area contributed by atoms with E-state index in [1.165, 1.54) is 0 Å². The smallest absolute Gasteiger partial charge is 0.305 e. The molecule has 3 aromatic carbocycles. The fraction of sp³-hybridized carbons (Fsp3) is 0.206. The molecule has 2 N–H and O–H groups in total. The third kappa shape index (κ3) is 7.24.